The molecule has 0 aromatic heterocycles. The second-order valence-electron chi connectivity index (χ2n) is 7.81. The van der Waals surface area contributed by atoms with Crippen LogP contribution in [0.1, 0.15) is 34.6 Å². The molecular formula is C17H31N5O3. The number of hydrogen-bond donors (Lipinski definition) is 2. The van der Waals surface area contributed by atoms with Gasteiger partial charge in [-0.1, -0.05) is 13.8 Å². The highest BCUT2D eigenvalue weighted by Gasteiger charge is 2.36. The number of hydrogen-bond acceptors (Lipinski definition) is 6. The van der Waals surface area contributed by atoms with Gasteiger partial charge in [0.25, 0.3) is 0 Å². The van der Waals surface area contributed by atoms with Crippen molar-refractivity contribution in [2.45, 2.75) is 46.3 Å². The number of nitrogens with one attached hydrogen (secondary N) is 2. The molecule has 142 valence electrons. The molecule has 0 aromatic carbocycles. The SMILES string of the molecule is CC(C)C(=O)NCCNC1=NCC2CN(C(=O)OC(C)(C)C)CCN12. The van der Waals surface area contributed by atoms with E-state index in [1.807, 2.05) is 34.6 Å². The molecule has 0 aromatic rings. The lowest BCUT2D eigenvalue weighted by Crippen LogP contribution is -2.57. The Balaban J connectivity index is 1.74. The van der Waals surface area contributed by atoms with Gasteiger partial charge < -0.3 is 25.2 Å². The van der Waals surface area contributed by atoms with E-state index in [1.54, 1.807) is 4.90 Å². The Morgan fingerprint density at radius 3 is 2.64 bits per heavy atom. The Morgan fingerprint density at radius 1 is 1.28 bits per heavy atom. The number of amides is 2. The summed E-state index contributed by atoms with van der Waals surface area (Å²) in [6.45, 7) is 13.2. The fourth-order valence-corrected chi connectivity index (χ4v) is 2.79. The number of guanidine groups is 1. The fourth-order valence-electron chi connectivity index (χ4n) is 2.79. The summed E-state index contributed by atoms with van der Waals surface area (Å²) < 4.78 is 5.45. The van der Waals surface area contributed by atoms with Crippen LogP contribution < -0.4 is 10.6 Å². The Labute approximate surface area is 150 Å². The maximum atomic E-state index is 12.2. The van der Waals surface area contributed by atoms with Gasteiger partial charge in [0.2, 0.25) is 5.91 Å². The zero-order valence-corrected chi connectivity index (χ0v) is 16.0. The molecule has 2 aliphatic heterocycles. The highest BCUT2D eigenvalue weighted by Crippen LogP contribution is 2.18. The molecule has 2 heterocycles. The van der Waals surface area contributed by atoms with Gasteiger partial charge in [-0.2, -0.15) is 0 Å². The molecule has 1 atom stereocenters. The summed E-state index contributed by atoms with van der Waals surface area (Å²) >= 11 is 0. The average Bonchev–Trinajstić information content (AvgIpc) is 2.91. The first-order chi connectivity index (χ1) is 11.7. The predicted octanol–water partition coefficient (Wildman–Crippen LogP) is 0.639. The minimum absolute atomic E-state index is 0.00543. The van der Waals surface area contributed by atoms with Crippen LogP contribution >= 0.6 is 0 Å². The number of aliphatic imine (C=N–C) groups is 1. The molecule has 1 fully saturated rings. The smallest absolute Gasteiger partial charge is 0.410 e. The summed E-state index contributed by atoms with van der Waals surface area (Å²) in [6, 6.07) is 0.189. The normalized spacial score (nSPS) is 20.2. The highest BCUT2D eigenvalue weighted by atomic mass is 16.6. The van der Waals surface area contributed by atoms with E-state index in [2.05, 4.69) is 20.5 Å². The van der Waals surface area contributed by atoms with Crippen LogP contribution in [0.4, 0.5) is 4.79 Å². The van der Waals surface area contributed by atoms with Crippen molar-refractivity contribution in [3.8, 4) is 0 Å². The van der Waals surface area contributed by atoms with Crippen LogP contribution in [0.5, 0.6) is 0 Å². The first kappa shape index (κ1) is 19.3. The maximum absolute atomic E-state index is 12.2. The third-order valence-corrected chi connectivity index (χ3v) is 4.09. The van der Waals surface area contributed by atoms with Gasteiger partial charge in [-0.3, -0.25) is 9.79 Å². The van der Waals surface area contributed by atoms with E-state index in [0.717, 1.165) is 12.5 Å². The molecule has 2 amide bonds. The number of nitrogens with zero attached hydrogens (tertiary/aromatic N) is 3. The van der Waals surface area contributed by atoms with Gasteiger partial charge in [-0.05, 0) is 20.8 Å². The van der Waals surface area contributed by atoms with Crippen molar-refractivity contribution >= 4 is 18.0 Å². The molecule has 2 N–H and O–H groups in total. The van der Waals surface area contributed by atoms with Gasteiger partial charge >= 0.3 is 6.09 Å². The summed E-state index contributed by atoms with van der Waals surface area (Å²) in [7, 11) is 0. The fraction of sp³-hybridized carbons (Fsp3) is 0.824. The molecule has 0 bridgehead atoms. The number of piperazine rings is 1. The van der Waals surface area contributed by atoms with Crippen LogP contribution in [-0.2, 0) is 9.53 Å². The topological polar surface area (TPSA) is 86.3 Å². The molecule has 0 saturated carbocycles. The summed E-state index contributed by atoms with van der Waals surface area (Å²) in [5.41, 5.74) is -0.479. The molecule has 8 nitrogen and oxygen atoms in total. The van der Waals surface area contributed by atoms with Gasteiger partial charge in [0, 0.05) is 38.6 Å². The predicted molar refractivity (Wildman–Crippen MR) is 96.5 cm³/mol. The average molecular weight is 353 g/mol. The Kier molecular flexibility index (Phi) is 6.13. The molecule has 8 heteroatoms. The first-order valence-electron chi connectivity index (χ1n) is 8.98. The summed E-state index contributed by atoms with van der Waals surface area (Å²) in [4.78, 5) is 32.2. The van der Waals surface area contributed by atoms with Crippen LogP contribution in [0.2, 0.25) is 0 Å². The second kappa shape index (κ2) is 7.93. The molecule has 0 spiro atoms. The van der Waals surface area contributed by atoms with Crippen LogP contribution in [0.3, 0.4) is 0 Å². The lowest BCUT2D eigenvalue weighted by atomic mass is 10.2. The van der Waals surface area contributed by atoms with Gasteiger partial charge in [0.1, 0.15) is 5.60 Å². The molecule has 2 aliphatic rings. The number of carbonyl (C=O) groups is 2. The van der Waals surface area contributed by atoms with E-state index in [4.69, 9.17) is 4.74 Å². The Hall–Kier alpha value is -1.99. The minimum atomic E-state index is -0.479. The van der Waals surface area contributed by atoms with Crippen LogP contribution in [0, 0.1) is 5.92 Å². The monoisotopic (exact) mass is 353 g/mol. The molecule has 2 rings (SSSR count). The quantitative estimate of drug-likeness (QED) is 0.725. The van der Waals surface area contributed by atoms with Crippen molar-refractivity contribution in [2.24, 2.45) is 10.9 Å². The van der Waals surface area contributed by atoms with Crippen molar-refractivity contribution in [3.63, 3.8) is 0 Å². The second-order valence-corrected chi connectivity index (χ2v) is 7.81. The third kappa shape index (κ3) is 5.51. The van der Waals surface area contributed by atoms with Crippen LogP contribution in [0.25, 0.3) is 0 Å². The van der Waals surface area contributed by atoms with Crippen molar-refractivity contribution in [2.75, 3.05) is 39.3 Å². The van der Waals surface area contributed by atoms with Crippen molar-refractivity contribution < 1.29 is 14.3 Å². The molecule has 0 aliphatic carbocycles. The van der Waals surface area contributed by atoms with Crippen LogP contribution in [0.15, 0.2) is 4.99 Å². The van der Waals surface area contributed by atoms with Crippen molar-refractivity contribution in [3.05, 3.63) is 0 Å². The molecular weight excluding hydrogens is 322 g/mol. The summed E-state index contributed by atoms with van der Waals surface area (Å²) in [6.07, 6.45) is -0.259. The molecule has 1 saturated heterocycles. The standard InChI is InChI=1S/C17H31N5O3/c1-12(2)14(23)18-6-7-19-15-20-10-13-11-21(8-9-22(13)15)16(24)25-17(3,4)5/h12-13H,6-11H2,1-5H3,(H,18,23)(H,19,20). The zero-order chi connectivity index (χ0) is 18.6. The van der Waals surface area contributed by atoms with Crippen LogP contribution in [-0.4, -0.2) is 78.7 Å². The van der Waals surface area contributed by atoms with Gasteiger partial charge in [-0.25, -0.2) is 4.79 Å². The highest BCUT2D eigenvalue weighted by molar-refractivity contribution is 5.83. The van der Waals surface area contributed by atoms with Crippen molar-refractivity contribution in [1.29, 1.82) is 0 Å². The van der Waals surface area contributed by atoms with Gasteiger partial charge in [0.05, 0.1) is 12.6 Å². The van der Waals surface area contributed by atoms with Crippen molar-refractivity contribution in [1.82, 2.24) is 20.4 Å². The number of carbonyl (C=O) groups excluding carboxylic acids is 2. The molecule has 0 radical (unpaired) electrons. The van der Waals surface area contributed by atoms with E-state index in [9.17, 15) is 9.59 Å². The summed E-state index contributed by atoms with van der Waals surface area (Å²) in [5.74, 6) is 0.904. The minimum Gasteiger partial charge on any atom is -0.444 e. The van der Waals surface area contributed by atoms with Gasteiger partial charge in [-0.15, -0.1) is 0 Å². The lowest BCUT2D eigenvalue weighted by molar-refractivity contribution is -0.123. The lowest BCUT2D eigenvalue weighted by Gasteiger charge is -2.39. The van der Waals surface area contributed by atoms with E-state index in [0.29, 0.717) is 32.7 Å². The molecule has 25 heavy (non-hydrogen) atoms. The number of rotatable bonds is 4. The van der Waals surface area contributed by atoms with E-state index in [1.165, 1.54) is 0 Å². The number of ether oxygens (including phenoxy) is 1. The number of fused-ring (bicyclic) bond motifs is 1. The summed E-state index contributed by atoms with van der Waals surface area (Å²) in [5, 5.41) is 6.16. The maximum Gasteiger partial charge on any atom is 0.410 e. The van der Waals surface area contributed by atoms with E-state index < -0.39 is 5.60 Å². The largest absolute Gasteiger partial charge is 0.444 e. The van der Waals surface area contributed by atoms with E-state index in [-0.39, 0.29) is 24.0 Å². The molecule has 1 unspecified atom stereocenters. The van der Waals surface area contributed by atoms with Gasteiger partial charge in [0.15, 0.2) is 5.96 Å². The Morgan fingerprint density at radius 2 is 2.00 bits per heavy atom. The third-order valence-electron chi connectivity index (χ3n) is 4.09. The zero-order valence-electron chi connectivity index (χ0n) is 16.0. The van der Waals surface area contributed by atoms with E-state index >= 15 is 0 Å². The Bertz CT molecular complexity index is 527. The first-order valence-corrected chi connectivity index (χ1v) is 8.98.